The smallest absolute Gasteiger partial charge is 0.116 e. The summed E-state index contributed by atoms with van der Waals surface area (Å²) in [6.07, 6.45) is 6.91. The maximum Gasteiger partial charge on any atom is 0.116 e. The molecule has 0 aliphatic carbocycles. The van der Waals surface area contributed by atoms with Gasteiger partial charge in [0.2, 0.25) is 0 Å². The second-order valence-electron chi connectivity index (χ2n) is 8.49. The third-order valence-corrected chi connectivity index (χ3v) is 6.48. The second kappa shape index (κ2) is 7.42. The van der Waals surface area contributed by atoms with Crippen molar-refractivity contribution in [2.24, 2.45) is 0 Å². The minimum absolute atomic E-state index is 0.909. The van der Waals surface area contributed by atoms with Crippen LogP contribution in [-0.4, -0.2) is 19.9 Å². The molecule has 2 aromatic heterocycles. The van der Waals surface area contributed by atoms with Crippen molar-refractivity contribution in [2.75, 3.05) is 0 Å². The van der Waals surface area contributed by atoms with E-state index < -0.39 is 0 Å². The summed E-state index contributed by atoms with van der Waals surface area (Å²) < 4.78 is 0. The van der Waals surface area contributed by atoms with E-state index in [2.05, 4.69) is 98.8 Å². The van der Waals surface area contributed by atoms with Gasteiger partial charge in [-0.05, 0) is 80.2 Å². The summed E-state index contributed by atoms with van der Waals surface area (Å²) in [4.78, 5) is 17.3. The van der Waals surface area contributed by atoms with Crippen molar-refractivity contribution in [3.63, 3.8) is 0 Å². The van der Waals surface area contributed by atoms with Crippen LogP contribution in [0.5, 0.6) is 0 Å². The molecule has 158 valence electrons. The lowest BCUT2D eigenvalue weighted by Crippen LogP contribution is -1.86. The SMILES string of the molecule is c1ncc2cc(-c3ccc4c(ccc5cc(-c6ccc7nccnc7c6)ccc54)c3)ccc2n1. The van der Waals surface area contributed by atoms with Gasteiger partial charge in [0, 0.05) is 24.0 Å². The summed E-state index contributed by atoms with van der Waals surface area (Å²) in [7, 11) is 0. The van der Waals surface area contributed by atoms with Gasteiger partial charge in [-0.1, -0.05) is 48.5 Å². The molecule has 0 atom stereocenters. The Labute approximate surface area is 195 Å². The van der Waals surface area contributed by atoms with Gasteiger partial charge in [0.25, 0.3) is 0 Å². The summed E-state index contributed by atoms with van der Waals surface area (Å²) in [6.45, 7) is 0. The van der Waals surface area contributed by atoms with Gasteiger partial charge in [-0.2, -0.15) is 0 Å². The number of fused-ring (bicyclic) bond motifs is 5. The Balaban J connectivity index is 1.32. The third-order valence-electron chi connectivity index (χ3n) is 6.48. The van der Waals surface area contributed by atoms with Crippen LogP contribution in [0.2, 0.25) is 0 Å². The summed E-state index contributed by atoms with van der Waals surface area (Å²) >= 11 is 0. The molecule has 0 saturated heterocycles. The van der Waals surface area contributed by atoms with Gasteiger partial charge in [-0.3, -0.25) is 9.97 Å². The molecule has 2 heterocycles. The van der Waals surface area contributed by atoms with Crippen molar-refractivity contribution in [3.05, 3.63) is 110 Å². The molecule has 7 rings (SSSR count). The monoisotopic (exact) mass is 434 g/mol. The van der Waals surface area contributed by atoms with E-state index in [4.69, 9.17) is 0 Å². The normalized spacial score (nSPS) is 11.5. The standard InChI is InChI=1S/C30H18N4/c1-2-24-14-20(22-6-10-29-30(16-22)33-12-11-32-29)4-8-27(24)26-7-3-19(13-23(1)26)21-5-9-28-25(15-21)17-31-18-34-28/h1-18H. The van der Waals surface area contributed by atoms with Crippen LogP contribution >= 0.6 is 0 Å². The number of nitrogens with zero attached hydrogens (tertiary/aromatic N) is 4. The number of benzene rings is 5. The summed E-state index contributed by atoms with van der Waals surface area (Å²) in [5.74, 6) is 0. The Hall–Kier alpha value is -4.70. The molecule has 0 aliphatic rings. The molecule has 0 amide bonds. The predicted molar refractivity (Wildman–Crippen MR) is 139 cm³/mol. The van der Waals surface area contributed by atoms with Gasteiger partial charge in [0.05, 0.1) is 16.6 Å². The topological polar surface area (TPSA) is 51.6 Å². The Kier molecular flexibility index (Phi) is 4.11. The highest BCUT2D eigenvalue weighted by Crippen LogP contribution is 2.33. The number of aromatic nitrogens is 4. The molecule has 0 fully saturated rings. The molecule has 7 aromatic rings. The summed E-state index contributed by atoms with van der Waals surface area (Å²) in [5, 5.41) is 6.00. The molecular weight excluding hydrogens is 416 g/mol. The van der Waals surface area contributed by atoms with Crippen LogP contribution in [0.25, 0.3) is 65.7 Å². The molecule has 0 bridgehead atoms. The molecule has 0 spiro atoms. The van der Waals surface area contributed by atoms with E-state index in [0.717, 1.165) is 27.5 Å². The van der Waals surface area contributed by atoms with Crippen molar-refractivity contribution in [1.29, 1.82) is 0 Å². The fraction of sp³-hybridized carbons (Fsp3) is 0. The number of rotatable bonds is 2. The van der Waals surface area contributed by atoms with E-state index in [0.29, 0.717) is 0 Å². The zero-order valence-electron chi connectivity index (χ0n) is 18.2. The second-order valence-corrected chi connectivity index (χ2v) is 8.49. The summed E-state index contributed by atoms with van der Waals surface area (Å²) in [5.41, 5.74) is 7.45. The van der Waals surface area contributed by atoms with Gasteiger partial charge in [-0.15, -0.1) is 0 Å². The van der Waals surface area contributed by atoms with Crippen LogP contribution < -0.4 is 0 Å². The van der Waals surface area contributed by atoms with E-state index in [1.54, 1.807) is 18.7 Å². The van der Waals surface area contributed by atoms with E-state index in [9.17, 15) is 0 Å². The highest BCUT2D eigenvalue weighted by molar-refractivity contribution is 6.09. The van der Waals surface area contributed by atoms with Gasteiger partial charge in [-0.25, -0.2) is 9.97 Å². The zero-order valence-corrected chi connectivity index (χ0v) is 18.2. The van der Waals surface area contributed by atoms with Crippen molar-refractivity contribution in [2.45, 2.75) is 0 Å². The fourth-order valence-electron chi connectivity index (χ4n) is 4.74. The largest absolute Gasteiger partial charge is 0.253 e. The first-order valence-electron chi connectivity index (χ1n) is 11.2. The summed E-state index contributed by atoms with van der Waals surface area (Å²) in [6, 6.07) is 30.3. The van der Waals surface area contributed by atoms with Crippen LogP contribution in [0.3, 0.4) is 0 Å². The Morgan fingerprint density at radius 1 is 0.412 bits per heavy atom. The Morgan fingerprint density at radius 2 is 0.971 bits per heavy atom. The van der Waals surface area contributed by atoms with Gasteiger partial charge >= 0.3 is 0 Å². The molecule has 0 aliphatic heterocycles. The number of hydrogen-bond acceptors (Lipinski definition) is 4. The van der Waals surface area contributed by atoms with Crippen LogP contribution in [0.4, 0.5) is 0 Å². The van der Waals surface area contributed by atoms with E-state index >= 15 is 0 Å². The minimum Gasteiger partial charge on any atom is -0.253 e. The fourth-order valence-corrected chi connectivity index (χ4v) is 4.74. The van der Waals surface area contributed by atoms with Crippen LogP contribution in [0, 0.1) is 0 Å². The lowest BCUT2D eigenvalue weighted by molar-refractivity contribution is 1.22. The molecule has 4 nitrogen and oxygen atoms in total. The van der Waals surface area contributed by atoms with Crippen LogP contribution in [0.1, 0.15) is 0 Å². The molecule has 0 saturated carbocycles. The first-order valence-corrected chi connectivity index (χ1v) is 11.2. The molecule has 0 N–H and O–H groups in total. The van der Waals surface area contributed by atoms with E-state index in [-0.39, 0.29) is 0 Å². The Bertz CT molecular complexity index is 1740. The molecule has 0 radical (unpaired) electrons. The molecular formula is C30H18N4. The highest BCUT2D eigenvalue weighted by atomic mass is 14.8. The first kappa shape index (κ1) is 18.8. The quantitative estimate of drug-likeness (QED) is 0.270. The molecule has 34 heavy (non-hydrogen) atoms. The van der Waals surface area contributed by atoms with Gasteiger partial charge in [0.1, 0.15) is 6.33 Å². The van der Waals surface area contributed by atoms with Gasteiger partial charge < -0.3 is 0 Å². The lowest BCUT2D eigenvalue weighted by Gasteiger charge is -2.10. The van der Waals surface area contributed by atoms with Crippen molar-refractivity contribution >= 4 is 43.5 Å². The van der Waals surface area contributed by atoms with Crippen LogP contribution in [-0.2, 0) is 0 Å². The molecule has 4 heteroatoms. The maximum absolute atomic E-state index is 4.45. The lowest BCUT2D eigenvalue weighted by atomic mass is 9.95. The first-order chi connectivity index (χ1) is 16.8. The minimum atomic E-state index is 0.909. The highest BCUT2D eigenvalue weighted by Gasteiger charge is 2.07. The Morgan fingerprint density at radius 3 is 1.68 bits per heavy atom. The third kappa shape index (κ3) is 3.08. The maximum atomic E-state index is 4.45. The van der Waals surface area contributed by atoms with Crippen molar-refractivity contribution < 1.29 is 0 Å². The van der Waals surface area contributed by atoms with Crippen molar-refractivity contribution in [1.82, 2.24) is 19.9 Å². The predicted octanol–water partition coefficient (Wildman–Crippen LogP) is 7.21. The zero-order chi connectivity index (χ0) is 22.5. The van der Waals surface area contributed by atoms with E-state index in [1.165, 1.54) is 38.2 Å². The molecule has 0 unspecified atom stereocenters. The average Bonchev–Trinajstić information content (AvgIpc) is 2.91. The van der Waals surface area contributed by atoms with Crippen molar-refractivity contribution in [3.8, 4) is 22.3 Å². The van der Waals surface area contributed by atoms with Crippen LogP contribution in [0.15, 0.2) is 110 Å². The molecule has 5 aromatic carbocycles. The van der Waals surface area contributed by atoms with E-state index in [1.807, 2.05) is 12.3 Å². The van der Waals surface area contributed by atoms with Gasteiger partial charge in [0.15, 0.2) is 0 Å². The number of hydrogen-bond donors (Lipinski definition) is 0. The average molecular weight is 435 g/mol.